The van der Waals surface area contributed by atoms with E-state index in [-0.39, 0.29) is 5.56 Å². The summed E-state index contributed by atoms with van der Waals surface area (Å²) in [6.07, 6.45) is 0. The summed E-state index contributed by atoms with van der Waals surface area (Å²) < 4.78 is 0. The van der Waals surface area contributed by atoms with Crippen LogP contribution in [0.4, 0.5) is 0 Å². The Morgan fingerprint density at radius 1 is 1.17 bits per heavy atom. The van der Waals surface area contributed by atoms with Crippen LogP contribution in [0.25, 0.3) is 20.7 Å². The van der Waals surface area contributed by atoms with Crippen LogP contribution in [0, 0.1) is 0 Å². The van der Waals surface area contributed by atoms with Crippen molar-refractivity contribution in [3.63, 3.8) is 0 Å². The molecule has 4 rings (SSSR count). The van der Waals surface area contributed by atoms with Crippen molar-refractivity contribution in [2.24, 2.45) is 0 Å². The minimum absolute atomic E-state index is 0.0208. The average Bonchev–Trinajstić information content (AvgIpc) is 3.03. The van der Waals surface area contributed by atoms with Gasteiger partial charge in [-0.15, -0.1) is 11.3 Å². The first-order chi connectivity index (χ1) is 11.7. The summed E-state index contributed by atoms with van der Waals surface area (Å²) in [7, 11) is 2.24. The molecule has 1 saturated heterocycles. The minimum Gasteiger partial charge on any atom is -0.328 e. The number of aromatic nitrogens is 2. The van der Waals surface area contributed by atoms with Crippen LogP contribution in [0.1, 0.15) is 5.82 Å². The van der Waals surface area contributed by atoms with Crippen LogP contribution in [0.15, 0.2) is 41.2 Å². The topological polar surface area (TPSA) is 54.6 Å². The number of hydrogen-bond donors (Lipinski definition) is 3. The normalized spacial score (nSPS) is 21.2. The molecule has 1 aromatic carbocycles. The number of likely N-dealkylation sites (N-methyl/N-ethyl adjacent to an activating group) is 1. The van der Waals surface area contributed by atoms with Gasteiger partial charge >= 0.3 is 0 Å². The van der Waals surface area contributed by atoms with Crippen LogP contribution >= 0.6 is 11.3 Å². The van der Waals surface area contributed by atoms with Crippen molar-refractivity contribution in [1.29, 1.82) is 0 Å². The summed E-state index contributed by atoms with van der Waals surface area (Å²) in [5.41, 5.74) is 1.11. The maximum atomic E-state index is 12.4. The molecule has 0 unspecified atom stereocenters. The molecular formula is C18H22N4OS+2. The number of nitrogens with one attached hydrogen (secondary N) is 3. The van der Waals surface area contributed by atoms with E-state index in [0.717, 1.165) is 40.7 Å². The smallest absolute Gasteiger partial charge is 0.259 e. The van der Waals surface area contributed by atoms with E-state index in [9.17, 15) is 4.79 Å². The van der Waals surface area contributed by atoms with Crippen molar-refractivity contribution in [1.82, 2.24) is 9.97 Å². The molecule has 5 nitrogen and oxygen atoms in total. The minimum atomic E-state index is -0.0208. The van der Waals surface area contributed by atoms with E-state index in [1.54, 1.807) is 16.2 Å². The lowest BCUT2D eigenvalue weighted by molar-refractivity contribution is -1.01. The number of nitrogens with zero attached hydrogens (tertiary/aromatic N) is 1. The summed E-state index contributed by atoms with van der Waals surface area (Å²) >= 11 is 1.60. The zero-order valence-corrected chi connectivity index (χ0v) is 14.6. The fraction of sp³-hybridized carbons (Fsp3) is 0.333. The van der Waals surface area contributed by atoms with E-state index in [2.05, 4.69) is 24.2 Å². The number of piperazine rings is 1. The van der Waals surface area contributed by atoms with Gasteiger partial charge in [-0.05, 0) is 11.6 Å². The predicted octanol–water partition coefficient (Wildman–Crippen LogP) is -0.435. The molecular weight excluding hydrogens is 320 g/mol. The van der Waals surface area contributed by atoms with Crippen molar-refractivity contribution in [2.45, 2.75) is 6.54 Å². The zero-order valence-electron chi connectivity index (χ0n) is 13.8. The van der Waals surface area contributed by atoms with Crippen molar-refractivity contribution in [3.8, 4) is 10.4 Å². The van der Waals surface area contributed by atoms with Crippen LogP contribution in [-0.2, 0) is 6.54 Å². The van der Waals surface area contributed by atoms with Crippen LogP contribution in [0.5, 0.6) is 0 Å². The first-order valence-electron chi connectivity index (χ1n) is 8.42. The molecule has 0 saturated carbocycles. The highest BCUT2D eigenvalue weighted by atomic mass is 32.1. The van der Waals surface area contributed by atoms with E-state index >= 15 is 0 Å². The van der Waals surface area contributed by atoms with Crippen molar-refractivity contribution in [3.05, 3.63) is 52.6 Å². The fourth-order valence-corrected chi connectivity index (χ4v) is 4.30. The molecule has 24 heavy (non-hydrogen) atoms. The third-order valence-corrected chi connectivity index (χ3v) is 5.82. The van der Waals surface area contributed by atoms with Gasteiger partial charge in [-0.1, -0.05) is 30.3 Å². The van der Waals surface area contributed by atoms with Gasteiger partial charge in [0.05, 0.1) is 12.4 Å². The molecule has 0 amide bonds. The molecule has 0 radical (unpaired) electrons. The number of fused-ring (bicyclic) bond motifs is 1. The van der Waals surface area contributed by atoms with E-state index in [4.69, 9.17) is 4.98 Å². The Hall–Kier alpha value is -2.02. The van der Waals surface area contributed by atoms with Crippen LogP contribution in [0.3, 0.4) is 0 Å². The number of thiophene rings is 1. The third-order valence-electron chi connectivity index (χ3n) is 4.74. The molecule has 0 spiro atoms. The Balaban J connectivity index is 1.63. The first kappa shape index (κ1) is 15.5. The van der Waals surface area contributed by atoms with Gasteiger partial charge in [0.15, 0.2) is 5.82 Å². The lowest BCUT2D eigenvalue weighted by atomic mass is 10.2. The average molecular weight is 342 g/mol. The standard InChI is InChI=1S/C18H20N4OS/c1-21-7-9-22(10-8-21)12-16-19-17(23)14-11-15(24-18(14)20-16)13-5-3-2-4-6-13/h2-6,11H,7-10,12H2,1H3,(H,19,20,23)/p+2. The molecule has 1 aliphatic heterocycles. The van der Waals surface area contributed by atoms with Gasteiger partial charge in [0.25, 0.3) is 5.56 Å². The third kappa shape index (κ3) is 3.13. The van der Waals surface area contributed by atoms with Crippen molar-refractivity contribution < 1.29 is 9.80 Å². The van der Waals surface area contributed by atoms with Gasteiger partial charge in [0.2, 0.25) is 0 Å². The Bertz CT molecular complexity index is 894. The predicted molar refractivity (Wildman–Crippen MR) is 96.7 cm³/mol. The van der Waals surface area contributed by atoms with Crippen LogP contribution in [-0.4, -0.2) is 43.2 Å². The molecule has 6 heteroatoms. The lowest BCUT2D eigenvalue weighted by Crippen LogP contribution is -3.26. The Kier molecular flexibility index (Phi) is 4.18. The second kappa shape index (κ2) is 6.47. The number of aromatic amines is 1. The van der Waals surface area contributed by atoms with E-state index in [0.29, 0.717) is 5.39 Å². The Morgan fingerprint density at radius 2 is 1.92 bits per heavy atom. The zero-order chi connectivity index (χ0) is 16.5. The summed E-state index contributed by atoms with van der Waals surface area (Å²) in [5.74, 6) is 0.809. The highest BCUT2D eigenvalue weighted by molar-refractivity contribution is 7.21. The highest BCUT2D eigenvalue weighted by Gasteiger charge is 2.21. The number of hydrogen-bond acceptors (Lipinski definition) is 3. The lowest BCUT2D eigenvalue weighted by Gasteiger charge is -2.26. The molecule has 1 fully saturated rings. The second-order valence-corrected chi connectivity index (χ2v) is 7.62. The number of benzene rings is 1. The van der Waals surface area contributed by atoms with Gasteiger partial charge in [-0.2, -0.15) is 0 Å². The molecule has 0 bridgehead atoms. The largest absolute Gasteiger partial charge is 0.328 e. The number of H-pyrrole nitrogens is 1. The Labute approximate surface area is 144 Å². The van der Waals surface area contributed by atoms with Gasteiger partial charge in [-0.25, -0.2) is 4.98 Å². The molecule has 3 N–H and O–H groups in total. The van der Waals surface area contributed by atoms with E-state index < -0.39 is 0 Å². The molecule has 3 aromatic rings. The molecule has 0 aliphatic carbocycles. The van der Waals surface area contributed by atoms with Gasteiger partial charge in [0.1, 0.15) is 37.6 Å². The van der Waals surface area contributed by atoms with Crippen molar-refractivity contribution >= 4 is 21.6 Å². The SMILES string of the molecule is C[NH+]1CC[NH+](Cc2nc3sc(-c4ccccc4)cc3c(=O)[nH]2)CC1. The van der Waals surface area contributed by atoms with E-state index in [1.807, 2.05) is 24.3 Å². The molecule has 124 valence electrons. The van der Waals surface area contributed by atoms with Crippen LogP contribution < -0.4 is 15.4 Å². The first-order valence-corrected chi connectivity index (χ1v) is 9.24. The van der Waals surface area contributed by atoms with Gasteiger partial charge in [0, 0.05) is 4.88 Å². The highest BCUT2D eigenvalue weighted by Crippen LogP contribution is 2.30. The molecule has 3 heterocycles. The molecule has 2 aromatic heterocycles. The summed E-state index contributed by atoms with van der Waals surface area (Å²) in [6.45, 7) is 5.43. The maximum absolute atomic E-state index is 12.4. The quantitative estimate of drug-likeness (QED) is 0.605. The number of rotatable bonds is 3. The fourth-order valence-electron chi connectivity index (χ4n) is 3.25. The van der Waals surface area contributed by atoms with Gasteiger partial charge in [-0.3, -0.25) is 4.79 Å². The van der Waals surface area contributed by atoms with Crippen molar-refractivity contribution in [2.75, 3.05) is 33.2 Å². The number of quaternary nitrogens is 2. The van der Waals surface area contributed by atoms with Gasteiger partial charge < -0.3 is 14.8 Å². The maximum Gasteiger partial charge on any atom is 0.259 e. The summed E-state index contributed by atoms with van der Waals surface area (Å²) in [6, 6.07) is 12.1. The summed E-state index contributed by atoms with van der Waals surface area (Å²) in [5, 5.41) is 0.695. The monoisotopic (exact) mass is 342 g/mol. The Morgan fingerprint density at radius 3 is 2.67 bits per heavy atom. The molecule has 1 aliphatic rings. The second-order valence-electron chi connectivity index (χ2n) is 6.59. The summed E-state index contributed by atoms with van der Waals surface area (Å²) in [4.78, 5) is 25.2. The molecule has 0 atom stereocenters. The van der Waals surface area contributed by atoms with Crippen LogP contribution in [0.2, 0.25) is 0 Å². The van der Waals surface area contributed by atoms with E-state index in [1.165, 1.54) is 18.0 Å².